The molecule has 2 rings (SSSR count). The van der Waals surface area contributed by atoms with Crippen LogP contribution in [0.25, 0.3) is 0 Å². The summed E-state index contributed by atoms with van der Waals surface area (Å²) in [7, 11) is 1.83. The number of aromatic nitrogens is 1. The predicted molar refractivity (Wildman–Crippen MR) is 86.7 cm³/mol. The topological polar surface area (TPSA) is 36.4 Å². The van der Waals surface area contributed by atoms with Crippen LogP contribution < -0.4 is 4.90 Å². The fraction of sp³-hybridized carbons (Fsp3) is 0.647. The van der Waals surface area contributed by atoms with Crippen molar-refractivity contribution in [3.63, 3.8) is 0 Å². The smallest absolute Gasteiger partial charge is 0.370 e. The van der Waals surface area contributed by atoms with Gasteiger partial charge in [-0.25, -0.2) is 4.98 Å². The van der Waals surface area contributed by atoms with E-state index in [9.17, 15) is 18.0 Å². The van der Waals surface area contributed by atoms with Crippen molar-refractivity contribution in [1.82, 2.24) is 9.88 Å². The minimum absolute atomic E-state index is 0.108. The van der Waals surface area contributed by atoms with Gasteiger partial charge in [0.1, 0.15) is 5.69 Å². The number of alkyl halides is 3. The van der Waals surface area contributed by atoms with Crippen molar-refractivity contribution in [1.29, 1.82) is 0 Å². The Balaban J connectivity index is 1.96. The number of piperidine rings is 1. The number of carbonyl (C=O) groups excluding carboxylic acids is 1. The molecule has 7 heteroatoms. The van der Waals surface area contributed by atoms with Crippen LogP contribution >= 0.6 is 0 Å². The highest BCUT2D eigenvalue weighted by molar-refractivity contribution is 5.81. The number of halogens is 3. The van der Waals surface area contributed by atoms with Crippen LogP contribution in [0.1, 0.15) is 39.3 Å². The van der Waals surface area contributed by atoms with E-state index in [0.29, 0.717) is 18.8 Å². The van der Waals surface area contributed by atoms with Gasteiger partial charge in [0.15, 0.2) is 0 Å². The molecule has 1 aliphatic rings. The molecule has 24 heavy (non-hydrogen) atoms. The Hall–Kier alpha value is -1.79. The van der Waals surface area contributed by atoms with Crippen molar-refractivity contribution in [2.75, 3.05) is 25.0 Å². The number of anilines is 1. The Kier molecular flexibility index (Phi) is 5.11. The van der Waals surface area contributed by atoms with E-state index in [1.807, 2.05) is 37.6 Å². The van der Waals surface area contributed by atoms with Crippen molar-refractivity contribution in [3.8, 4) is 0 Å². The molecule has 0 aliphatic carbocycles. The first-order valence-corrected chi connectivity index (χ1v) is 8.05. The summed E-state index contributed by atoms with van der Waals surface area (Å²) in [6, 6.07) is 2.63. The van der Waals surface area contributed by atoms with Crippen LogP contribution in [0.15, 0.2) is 18.3 Å². The lowest BCUT2D eigenvalue weighted by molar-refractivity contribution is -0.141. The molecule has 0 unspecified atom stereocenters. The van der Waals surface area contributed by atoms with Gasteiger partial charge in [-0.05, 0) is 25.0 Å². The van der Waals surface area contributed by atoms with E-state index in [2.05, 4.69) is 4.98 Å². The Morgan fingerprint density at radius 2 is 1.79 bits per heavy atom. The van der Waals surface area contributed by atoms with Crippen LogP contribution in [0.4, 0.5) is 18.9 Å². The summed E-state index contributed by atoms with van der Waals surface area (Å²) in [5.41, 5.74) is -0.605. The molecule has 0 radical (unpaired) electrons. The molecule has 1 amide bonds. The highest BCUT2D eigenvalue weighted by Crippen LogP contribution is 2.29. The van der Waals surface area contributed by atoms with Gasteiger partial charge >= 0.3 is 6.18 Å². The summed E-state index contributed by atoms with van der Waals surface area (Å²) in [6.07, 6.45) is -1.56. The molecule has 1 aromatic rings. The quantitative estimate of drug-likeness (QED) is 0.824. The third kappa shape index (κ3) is 4.19. The van der Waals surface area contributed by atoms with E-state index < -0.39 is 17.3 Å². The summed E-state index contributed by atoms with van der Waals surface area (Å²) >= 11 is 0. The van der Waals surface area contributed by atoms with Gasteiger partial charge < -0.3 is 9.80 Å². The van der Waals surface area contributed by atoms with Gasteiger partial charge in [-0.2, -0.15) is 13.2 Å². The van der Waals surface area contributed by atoms with Crippen LogP contribution in [0.3, 0.4) is 0 Å². The van der Waals surface area contributed by atoms with E-state index in [1.165, 1.54) is 12.3 Å². The Bertz CT molecular complexity index is 570. The number of carbonyl (C=O) groups is 1. The molecule has 134 valence electrons. The van der Waals surface area contributed by atoms with E-state index >= 15 is 0 Å². The molecule has 0 atom stereocenters. The van der Waals surface area contributed by atoms with E-state index in [0.717, 1.165) is 18.9 Å². The van der Waals surface area contributed by atoms with Crippen LogP contribution in [-0.4, -0.2) is 42.0 Å². The average Bonchev–Trinajstić information content (AvgIpc) is 2.52. The van der Waals surface area contributed by atoms with Gasteiger partial charge in [0.25, 0.3) is 0 Å². The predicted octanol–water partition coefficient (Wildman–Crippen LogP) is 3.57. The van der Waals surface area contributed by atoms with Crippen molar-refractivity contribution in [3.05, 3.63) is 24.0 Å². The molecule has 1 aliphatic heterocycles. The van der Waals surface area contributed by atoms with Crippen LogP contribution in [-0.2, 0) is 11.0 Å². The number of hydrogen-bond acceptors (Lipinski definition) is 3. The minimum atomic E-state index is -4.42. The molecule has 1 saturated heterocycles. The largest absolute Gasteiger partial charge is 0.433 e. The Labute approximate surface area is 140 Å². The summed E-state index contributed by atoms with van der Waals surface area (Å²) in [6.45, 7) is 7.08. The minimum Gasteiger partial charge on any atom is -0.370 e. The number of amides is 1. The third-order valence-electron chi connectivity index (χ3n) is 4.38. The lowest BCUT2D eigenvalue weighted by atomic mass is 9.92. The van der Waals surface area contributed by atoms with Gasteiger partial charge in [0, 0.05) is 31.6 Å². The summed E-state index contributed by atoms with van der Waals surface area (Å²) < 4.78 is 37.7. The monoisotopic (exact) mass is 343 g/mol. The number of pyridine rings is 1. The zero-order chi connectivity index (χ0) is 18.1. The van der Waals surface area contributed by atoms with Gasteiger partial charge in [-0.15, -0.1) is 0 Å². The summed E-state index contributed by atoms with van der Waals surface area (Å²) in [5.74, 6) is 0.108. The highest BCUT2D eigenvalue weighted by atomic mass is 19.4. The number of hydrogen-bond donors (Lipinski definition) is 0. The Morgan fingerprint density at radius 3 is 2.21 bits per heavy atom. The molecule has 1 fully saturated rings. The van der Waals surface area contributed by atoms with Gasteiger partial charge in [0.2, 0.25) is 5.91 Å². The average molecular weight is 343 g/mol. The second-order valence-corrected chi connectivity index (χ2v) is 7.28. The van der Waals surface area contributed by atoms with Crippen molar-refractivity contribution in [2.24, 2.45) is 5.41 Å². The molecule has 0 aromatic carbocycles. The highest BCUT2D eigenvalue weighted by Gasteiger charge is 2.33. The number of nitrogens with zero attached hydrogens (tertiary/aromatic N) is 3. The summed E-state index contributed by atoms with van der Waals surface area (Å²) in [5, 5.41) is 0. The SMILES string of the molecule is CN(C(=O)C(C)(C)C)C1CCN(c2ccc(C(F)(F)F)nc2)CC1. The fourth-order valence-electron chi connectivity index (χ4n) is 2.95. The second kappa shape index (κ2) is 6.61. The molecular formula is C17H24F3N3O. The molecule has 1 aromatic heterocycles. The standard InChI is InChI=1S/C17H24F3N3O/c1-16(2,3)15(24)22(4)12-7-9-23(10-8-12)13-5-6-14(21-11-13)17(18,19)20/h5-6,11-12H,7-10H2,1-4H3. The lowest BCUT2D eigenvalue weighted by Crippen LogP contribution is -2.48. The van der Waals surface area contributed by atoms with Crippen molar-refractivity contribution >= 4 is 11.6 Å². The first-order valence-electron chi connectivity index (χ1n) is 8.05. The summed E-state index contributed by atoms with van der Waals surface area (Å²) in [4.78, 5) is 19.7. The zero-order valence-electron chi connectivity index (χ0n) is 14.5. The molecule has 0 saturated carbocycles. The fourth-order valence-corrected chi connectivity index (χ4v) is 2.95. The molecule has 0 bridgehead atoms. The second-order valence-electron chi connectivity index (χ2n) is 7.28. The van der Waals surface area contributed by atoms with E-state index in [1.54, 1.807) is 0 Å². The number of rotatable bonds is 2. The maximum Gasteiger partial charge on any atom is 0.433 e. The van der Waals surface area contributed by atoms with Crippen LogP contribution in [0.2, 0.25) is 0 Å². The Morgan fingerprint density at radius 1 is 1.21 bits per heavy atom. The first kappa shape index (κ1) is 18.5. The maximum absolute atomic E-state index is 12.6. The van der Waals surface area contributed by atoms with Crippen LogP contribution in [0.5, 0.6) is 0 Å². The van der Waals surface area contributed by atoms with Crippen molar-refractivity contribution in [2.45, 2.75) is 45.8 Å². The normalized spacial score (nSPS) is 17.0. The van der Waals surface area contributed by atoms with Gasteiger partial charge in [-0.3, -0.25) is 4.79 Å². The molecule has 4 nitrogen and oxygen atoms in total. The lowest BCUT2D eigenvalue weighted by Gasteiger charge is -2.39. The van der Waals surface area contributed by atoms with Gasteiger partial charge in [0.05, 0.1) is 11.9 Å². The maximum atomic E-state index is 12.6. The third-order valence-corrected chi connectivity index (χ3v) is 4.38. The van der Waals surface area contributed by atoms with E-state index in [4.69, 9.17) is 0 Å². The van der Waals surface area contributed by atoms with Crippen molar-refractivity contribution < 1.29 is 18.0 Å². The molecular weight excluding hydrogens is 319 g/mol. The zero-order valence-corrected chi connectivity index (χ0v) is 14.5. The molecule has 2 heterocycles. The van der Waals surface area contributed by atoms with Gasteiger partial charge in [-0.1, -0.05) is 20.8 Å². The molecule has 0 spiro atoms. The molecule has 0 N–H and O–H groups in total. The first-order chi connectivity index (χ1) is 11.0. The van der Waals surface area contributed by atoms with Crippen LogP contribution in [0, 0.1) is 5.41 Å². The van der Waals surface area contributed by atoms with E-state index in [-0.39, 0.29) is 11.9 Å².